The highest BCUT2D eigenvalue weighted by Gasteiger charge is 2.57. The lowest BCUT2D eigenvalue weighted by Gasteiger charge is -2.46. The minimum absolute atomic E-state index is 0.292. The van der Waals surface area contributed by atoms with E-state index in [-0.39, 0.29) is 17.0 Å². The smallest absolute Gasteiger partial charge is 0.311 e. The first-order valence-electron chi connectivity index (χ1n) is 15.6. The van der Waals surface area contributed by atoms with Crippen LogP contribution in [0, 0.1) is 5.92 Å². The number of nitrogens with zero attached hydrogens (tertiary/aromatic N) is 3. The number of carbonyl (C=O) groups is 1. The average Bonchev–Trinajstić information content (AvgIpc) is 3.68. The summed E-state index contributed by atoms with van der Waals surface area (Å²) < 4.78 is 20.3. The molecule has 8 nitrogen and oxygen atoms in total. The predicted molar refractivity (Wildman–Crippen MR) is 193 cm³/mol. The third-order valence-electron chi connectivity index (χ3n) is 8.93. The zero-order chi connectivity index (χ0) is 33.2. The van der Waals surface area contributed by atoms with Crippen LogP contribution in [0.4, 0.5) is 5.82 Å². The maximum absolute atomic E-state index is 13.6. The molecule has 11 heteroatoms. The third-order valence-corrected chi connectivity index (χ3v) is 15.6. The number of hydrogen-bond donors (Lipinski definition) is 1. The molecule has 47 heavy (non-hydrogen) atoms. The van der Waals surface area contributed by atoms with E-state index in [0.717, 1.165) is 31.2 Å². The van der Waals surface area contributed by atoms with E-state index in [1.54, 1.807) is 18.4 Å². The number of thioether (sulfide) groups is 1. The van der Waals surface area contributed by atoms with Gasteiger partial charge < -0.3 is 19.2 Å². The van der Waals surface area contributed by atoms with Gasteiger partial charge in [-0.2, -0.15) is 0 Å². The minimum atomic E-state index is -3.04. The van der Waals surface area contributed by atoms with Crippen LogP contribution in [0.2, 0.25) is 5.04 Å². The number of esters is 1. The molecule has 2 heterocycles. The molecule has 0 saturated heterocycles. The number of anilines is 1. The SMILES string of the molecule is COC(=O)[C@H]1C[C@@H](Nc2nc(SC)ncc2-c2nc3ccccc3s2)[C@H](OC)[C@@H]1O[Si](c1ccccc1)(c1ccccc1)C(C)(C)C. The first-order valence-corrected chi connectivity index (χ1v) is 19.6. The molecule has 244 valence electrons. The van der Waals surface area contributed by atoms with Crippen molar-refractivity contribution in [3.63, 3.8) is 0 Å². The van der Waals surface area contributed by atoms with E-state index in [4.69, 9.17) is 23.9 Å². The van der Waals surface area contributed by atoms with Crippen LogP contribution in [-0.2, 0) is 18.7 Å². The molecule has 0 bridgehead atoms. The van der Waals surface area contributed by atoms with Crippen LogP contribution in [0.15, 0.2) is 96.3 Å². The van der Waals surface area contributed by atoms with Gasteiger partial charge in [0.2, 0.25) is 0 Å². The molecule has 6 rings (SSSR count). The van der Waals surface area contributed by atoms with Crippen LogP contribution in [0.25, 0.3) is 20.8 Å². The summed E-state index contributed by atoms with van der Waals surface area (Å²) in [5, 5.41) is 7.10. The van der Waals surface area contributed by atoms with E-state index in [2.05, 4.69) is 85.7 Å². The van der Waals surface area contributed by atoms with Crippen LogP contribution in [0.3, 0.4) is 0 Å². The van der Waals surface area contributed by atoms with Crippen LogP contribution in [-0.4, -0.2) is 68.0 Å². The number of aromatic nitrogens is 3. The van der Waals surface area contributed by atoms with E-state index in [9.17, 15) is 4.79 Å². The van der Waals surface area contributed by atoms with Crippen molar-refractivity contribution >= 4 is 63.8 Å². The molecule has 0 radical (unpaired) electrons. The lowest BCUT2D eigenvalue weighted by molar-refractivity contribution is -0.149. The van der Waals surface area contributed by atoms with Crippen LogP contribution < -0.4 is 15.7 Å². The van der Waals surface area contributed by atoms with Gasteiger partial charge in [0.1, 0.15) is 16.9 Å². The fraction of sp³-hybridized carbons (Fsp3) is 0.333. The molecule has 0 amide bonds. The Morgan fingerprint density at radius 3 is 2.13 bits per heavy atom. The van der Waals surface area contributed by atoms with Crippen LogP contribution >= 0.6 is 23.1 Å². The molecule has 1 fully saturated rings. The summed E-state index contributed by atoms with van der Waals surface area (Å²) in [6.45, 7) is 6.69. The number of fused-ring (bicyclic) bond motifs is 1. The zero-order valence-corrected chi connectivity index (χ0v) is 30.1. The first-order chi connectivity index (χ1) is 22.7. The standard InChI is InChI=1S/C36H40N4O4S2Si/c1-36(2,3)47(23-15-9-7-10-16-23,24-17-11-8-12-18-24)44-30-25(34(41)43-5)21-28(31(30)42-4)38-32-26(22-37-35(40-32)45-6)33-39-27-19-13-14-20-29(27)46-33/h7-20,22,25,28,30-31H,21H2,1-6H3,(H,37,38,40)/t25-,28+,30+,31-/m0/s1. The maximum atomic E-state index is 13.6. The van der Waals surface area contributed by atoms with Crippen molar-refractivity contribution in [2.24, 2.45) is 5.92 Å². The number of benzene rings is 3. The monoisotopic (exact) mass is 684 g/mol. The van der Waals surface area contributed by atoms with Crippen LogP contribution in [0.5, 0.6) is 0 Å². The van der Waals surface area contributed by atoms with Gasteiger partial charge in [0, 0.05) is 13.3 Å². The maximum Gasteiger partial charge on any atom is 0.311 e. The topological polar surface area (TPSA) is 95.5 Å². The summed E-state index contributed by atoms with van der Waals surface area (Å²) in [7, 11) is 0.0741. The molecule has 2 aromatic heterocycles. The summed E-state index contributed by atoms with van der Waals surface area (Å²) in [5.74, 6) is -0.250. The van der Waals surface area contributed by atoms with Crippen LogP contribution in [0.1, 0.15) is 27.2 Å². The summed E-state index contributed by atoms with van der Waals surface area (Å²) in [6.07, 6.45) is 3.13. The van der Waals surface area contributed by atoms with Crippen molar-refractivity contribution in [3.8, 4) is 10.6 Å². The van der Waals surface area contributed by atoms with Crippen molar-refractivity contribution < 1.29 is 18.7 Å². The zero-order valence-electron chi connectivity index (χ0n) is 27.5. The van der Waals surface area contributed by atoms with Gasteiger partial charge in [0.15, 0.2) is 5.16 Å². The lowest BCUT2D eigenvalue weighted by Crippen LogP contribution is -2.69. The van der Waals surface area contributed by atoms with E-state index < -0.39 is 26.4 Å². The summed E-state index contributed by atoms with van der Waals surface area (Å²) >= 11 is 3.06. The van der Waals surface area contributed by atoms with Crippen molar-refractivity contribution in [1.82, 2.24) is 15.0 Å². The van der Waals surface area contributed by atoms with Gasteiger partial charge in [-0.25, -0.2) is 15.0 Å². The Kier molecular flexibility index (Phi) is 9.82. The molecule has 0 spiro atoms. The molecule has 3 aromatic carbocycles. The van der Waals surface area contributed by atoms with Gasteiger partial charge in [-0.3, -0.25) is 4.79 Å². The Balaban J connectivity index is 1.44. The first kappa shape index (κ1) is 33.3. The number of carbonyl (C=O) groups excluding carboxylic acids is 1. The summed E-state index contributed by atoms with van der Waals surface area (Å²) in [5.41, 5.74) is 1.72. The largest absolute Gasteiger partial charge is 0.469 e. The molecule has 1 saturated carbocycles. The second kappa shape index (κ2) is 13.9. The Morgan fingerprint density at radius 1 is 0.915 bits per heavy atom. The Labute approximate surface area is 285 Å². The number of hydrogen-bond acceptors (Lipinski definition) is 10. The Hall–Kier alpha value is -3.61. The van der Waals surface area contributed by atoms with Crippen molar-refractivity contribution in [1.29, 1.82) is 0 Å². The molecular formula is C36H40N4O4S2Si. The number of rotatable bonds is 10. The van der Waals surface area contributed by atoms with Gasteiger partial charge in [-0.05, 0) is 40.2 Å². The van der Waals surface area contributed by atoms with Gasteiger partial charge in [0.05, 0.1) is 41.0 Å². The fourth-order valence-electron chi connectivity index (χ4n) is 6.76. The molecule has 0 unspecified atom stereocenters. The second-order valence-electron chi connectivity index (χ2n) is 12.7. The van der Waals surface area contributed by atoms with Gasteiger partial charge >= 0.3 is 5.97 Å². The molecule has 5 aromatic rings. The van der Waals surface area contributed by atoms with Crippen molar-refractivity contribution in [2.45, 2.75) is 55.6 Å². The number of ether oxygens (including phenoxy) is 2. The normalized spacial score (nSPS) is 20.0. The lowest BCUT2D eigenvalue weighted by atomic mass is 10.1. The highest BCUT2D eigenvalue weighted by atomic mass is 32.2. The quantitative estimate of drug-likeness (QED) is 0.0775. The second-order valence-corrected chi connectivity index (χ2v) is 18.7. The molecule has 0 aliphatic heterocycles. The molecule has 1 N–H and O–H groups in total. The third kappa shape index (κ3) is 6.34. The van der Waals surface area contributed by atoms with Gasteiger partial charge in [-0.1, -0.05) is 105 Å². The van der Waals surface area contributed by atoms with E-state index in [0.29, 0.717) is 17.4 Å². The number of methoxy groups -OCH3 is 2. The number of thiazole rings is 1. The minimum Gasteiger partial charge on any atom is -0.469 e. The fourth-order valence-corrected chi connectivity index (χ4v) is 12.8. The van der Waals surface area contributed by atoms with E-state index in [1.807, 2.05) is 42.8 Å². The highest BCUT2D eigenvalue weighted by molar-refractivity contribution is 7.98. The van der Waals surface area contributed by atoms with Crippen molar-refractivity contribution in [3.05, 3.63) is 91.1 Å². The predicted octanol–water partition coefficient (Wildman–Crippen LogP) is 6.41. The highest BCUT2D eigenvalue weighted by Crippen LogP contribution is 2.43. The van der Waals surface area contributed by atoms with E-state index >= 15 is 0 Å². The molecule has 1 aliphatic carbocycles. The van der Waals surface area contributed by atoms with Crippen molar-refractivity contribution in [2.75, 3.05) is 25.8 Å². The van der Waals surface area contributed by atoms with Gasteiger partial charge in [-0.15, -0.1) is 11.3 Å². The average molecular weight is 685 g/mol. The summed E-state index contributed by atoms with van der Waals surface area (Å²) in [4.78, 5) is 28.0. The number of para-hydroxylation sites is 1. The number of nitrogens with one attached hydrogen (secondary N) is 1. The molecule has 4 atom stereocenters. The van der Waals surface area contributed by atoms with Gasteiger partial charge in [0.25, 0.3) is 8.32 Å². The van der Waals surface area contributed by atoms with E-state index in [1.165, 1.54) is 18.9 Å². The summed E-state index contributed by atoms with van der Waals surface area (Å²) in [6, 6.07) is 28.6. The Bertz CT molecular complexity index is 1760. The molecule has 1 aliphatic rings. The Morgan fingerprint density at radius 2 is 1.55 bits per heavy atom. The molecular weight excluding hydrogens is 645 g/mol.